The molecule has 0 bridgehead atoms. The summed E-state index contributed by atoms with van der Waals surface area (Å²) in [4.78, 5) is 11.1. The SMILES string of the molecule is COc1cc(OCc2cccc(-c3ccc4c(c3)OCCO4)c2C)cc(O)c1C=O. The van der Waals surface area contributed by atoms with E-state index in [4.69, 9.17) is 18.9 Å². The molecule has 1 N–H and O–H groups in total. The van der Waals surface area contributed by atoms with Crippen molar-refractivity contribution in [2.45, 2.75) is 13.5 Å². The number of rotatable bonds is 6. The quantitative estimate of drug-likeness (QED) is 0.606. The molecule has 3 aromatic carbocycles. The van der Waals surface area contributed by atoms with Crippen LogP contribution in [-0.2, 0) is 6.61 Å². The van der Waals surface area contributed by atoms with Gasteiger partial charge in [0, 0.05) is 12.1 Å². The van der Waals surface area contributed by atoms with Crippen molar-refractivity contribution in [2.24, 2.45) is 0 Å². The first-order chi connectivity index (χ1) is 14.6. The summed E-state index contributed by atoms with van der Waals surface area (Å²) < 4.78 is 22.3. The molecular weight excluding hydrogens is 384 g/mol. The van der Waals surface area contributed by atoms with Gasteiger partial charge in [0.15, 0.2) is 17.8 Å². The van der Waals surface area contributed by atoms with Gasteiger partial charge in [0.2, 0.25) is 0 Å². The highest BCUT2D eigenvalue weighted by atomic mass is 16.6. The summed E-state index contributed by atoms with van der Waals surface area (Å²) in [6.45, 7) is 3.44. The number of fused-ring (bicyclic) bond motifs is 1. The van der Waals surface area contributed by atoms with Gasteiger partial charge in [-0.25, -0.2) is 0 Å². The molecule has 0 saturated carbocycles. The maximum Gasteiger partial charge on any atom is 0.161 e. The summed E-state index contributed by atoms with van der Waals surface area (Å²) in [5.41, 5.74) is 4.29. The molecule has 0 aliphatic carbocycles. The number of phenols is 1. The molecule has 0 saturated heterocycles. The van der Waals surface area contributed by atoms with Crippen LogP contribution in [0.3, 0.4) is 0 Å². The van der Waals surface area contributed by atoms with Crippen LogP contribution in [0.15, 0.2) is 48.5 Å². The van der Waals surface area contributed by atoms with Crippen LogP contribution < -0.4 is 18.9 Å². The third-order valence-electron chi connectivity index (χ3n) is 5.13. The van der Waals surface area contributed by atoms with E-state index in [1.54, 1.807) is 6.07 Å². The molecule has 30 heavy (non-hydrogen) atoms. The average molecular weight is 406 g/mol. The fourth-order valence-electron chi connectivity index (χ4n) is 3.48. The Morgan fingerprint density at radius 1 is 1.07 bits per heavy atom. The maximum atomic E-state index is 11.1. The van der Waals surface area contributed by atoms with Crippen molar-refractivity contribution >= 4 is 6.29 Å². The molecule has 6 heteroatoms. The number of carbonyl (C=O) groups is 1. The first-order valence-electron chi connectivity index (χ1n) is 9.58. The highest BCUT2D eigenvalue weighted by molar-refractivity contribution is 5.84. The molecule has 0 atom stereocenters. The van der Waals surface area contributed by atoms with Gasteiger partial charge in [0.1, 0.15) is 37.1 Å². The zero-order chi connectivity index (χ0) is 21.1. The van der Waals surface area contributed by atoms with Crippen molar-refractivity contribution in [1.82, 2.24) is 0 Å². The molecule has 0 amide bonds. The molecule has 3 aromatic rings. The molecule has 0 spiro atoms. The van der Waals surface area contributed by atoms with E-state index in [0.717, 1.165) is 33.8 Å². The lowest BCUT2D eigenvalue weighted by Gasteiger charge is -2.20. The number of aromatic hydroxyl groups is 1. The Morgan fingerprint density at radius 2 is 1.87 bits per heavy atom. The van der Waals surface area contributed by atoms with Gasteiger partial charge in [-0.15, -0.1) is 0 Å². The summed E-state index contributed by atoms with van der Waals surface area (Å²) in [5.74, 6) is 2.01. The Hall–Kier alpha value is -3.67. The third-order valence-corrected chi connectivity index (χ3v) is 5.13. The summed E-state index contributed by atoms with van der Waals surface area (Å²) in [6.07, 6.45) is 0.554. The Kier molecular flexibility index (Phi) is 5.48. The van der Waals surface area contributed by atoms with Crippen molar-refractivity contribution in [3.05, 3.63) is 65.2 Å². The van der Waals surface area contributed by atoms with E-state index in [2.05, 4.69) is 6.07 Å². The molecule has 1 heterocycles. The third kappa shape index (κ3) is 3.76. The largest absolute Gasteiger partial charge is 0.507 e. The molecule has 6 nitrogen and oxygen atoms in total. The predicted octanol–water partition coefficient (Wildman–Crippen LogP) is 4.54. The van der Waals surface area contributed by atoms with E-state index in [9.17, 15) is 9.90 Å². The number of ether oxygens (including phenoxy) is 4. The Morgan fingerprint density at radius 3 is 2.63 bits per heavy atom. The second-order valence-electron chi connectivity index (χ2n) is 6.91. The second kappa shape index (κ2) is 8.37. The van der Waals surface area contributed by atoms with Gasteiger partial charge in [-0.05, 0) is 41.3 Å². The van der Waals surface area contributed by atoms with Crippen molar-refractivity contribution in [3.63, 3.8) is 0 Å². The molecule has 0 fully saturated rings. The van der Waals surface area contributed by atoms with Crippen molar-refractivity contribution in [3.8, 4) is 39.9 Å². The second-order valence-corrected chi connectivity index (χ2v) is 6.91. The first kappa shape index (κ1) is 19.6. The van der Waals surface area contributed by atoms with E-state index in [-0.39, 0.29) is 17.1 Å². The standard InChI is InChI=1S/C24H22O6/c1-15-17(14-30-18-11-21(26)20(13-25)23(12-18)27-2)4-3-5-19(15)16-6-7-22-24(10-16)29-9-8-28-22/h3-7,10-13,26H,8-9,14H2,1-2H3. The topological polar surface area (TPSA) is 74.2 Å². The smallest absolute Gasteiger partial charge is 0.161 e. The van der Waals surface area contributed by atoms with Gasteiger partial charge in [-0.3, -0.25) is 4.79 Å². The van der Waals surface area contributed by atoms with E-state index < -0.39 is 0 Å². The monoisotopic (exact) mass is 406 g/mol. The molecule has 1 aliphatic rings. The van der Waals surface area contributed by atoms with Gasteiger partial charge in [0.05, 0.1) is 12.7 Å². The van der Waals surface area contributed by atoms with E-state index >= 15 is 0 Å². The highest BCUT2D eigenvalue weighted by Crippen LogP contribution is 2.36. The van der Waals surface area contributed by atoms with Gasteiger partial charge >= 0.3 is 0 Å². The van der Waals surface area contributed by atoms with Crippen LogP contribution in [0, 0.1) is 6.92 Å². The number of aldehydes is 1. The summed E-state index contributed by atoms with van der Waals surface area (Å²) in [5, 5.41) is 10.0. The number of phenolic OH excluding ortho intramolecular Hbond substituents is 1. The summed E-state index contributed by atoms with van der Waals surface area (Å²) in [6, 6.07) is 15.0. The zero-order valence-electron chi connectivity index (χ0n) is 16.8. The van der Waals surface area contributed by atoms with Crippen molar-refractivity contribution in [2.75, 3.05) is 20.3 Å². The lowest BCUT2D eigenvalue weighted by Crippen LogP contribution is -2.15. The van der Waals surface area contributed by atoms with Crippen LogP contribution in [0.4, 0.5) is 0 Å². The van der Waals surface area contributed by atoms with Crippen LogP contribution in [0.25, 0.3) is 11.1 Å². The molecule has 154 valence electrons. The average Bonchev–Trinajstić information content (AvgIpc) is 2.77. The van der Waals surface area contributed by atoms with Crippen LogP contribution in [0.2, 0.25) is 0 Å². The molecular formula is C24H22O6. The first-order valence-corrected chi connectivity index (χ1v) is 9.58. The molecule has 0 unspecified atom stereocenters. The van der Waals surface area contributed by atoms with Crippen LogP contribution >= 0.6 is 0 Å². The molecule has 4 rings (SSSR count). The van der Waals surface area contributed by atoms with Crippen molar-refractivity contribution < 1.29 is 28.8 Å². The van der Waals surface area contributed by atoms with Gasteiger partial charge in [-0.2, -0.15) is 0 Å². The van der Waals surface area contributed by atoms with Gasteiger partial charge in [-0.1, -0.05) is 24.3 Å². The number of benzene rings is 3. The van der Waals surface area contributed by atoms with Crippen LogP contribution in [-0.4, -0.2) is 31.7 Å². The number of hydrogen-bond donors (Lipinski definition) is 1. The van der Waals surface area contributed by atoms with E-state index in [1.165, 1.54) is 13.2 Å². The van der Waals surface area contributed by atoms with E-state index in [1.807, 2.05) is 37.3 Å². The number of hydrogen-bond acceptors (Lipinski definition) is 6. The summed E-state index contributed by atoms with van der Waals surface area (Å²) >= 11 is 0. The lowest BCUT2D eigenvalue weighted by atomic mass is 9.96. The Labute approximate surface area is 174 Å². The fraction of sp³-hybridized carbons (Fsp3) is 0.208. The molecule has 0 radical (unpaired) electrons. The van der Waals surface area contributed by atoms with Gasteiger partial charge in [0.25, 0.3) is 0 Å². The minimum absolute atomic E-state index is 0.0987. The Bertz CT molecular complexity index is 1090. The number of carbonyl (C=O) groups excluding carboxylic acids is 1. The van der Waals surface area contributed by atoms with Crippen LogP contribution in [0.5, 0.6) is 28.7 Å². The molecule has 0 aromatic heterocycles. The maximum absolute atomic E-state index is 11.1. The zero-order valence-corrected chi connectivity index (χ0v) is 16.8. The number of methoxy groups -OCH3 is 1. The predicted molar refractivity (Wildman–Crippen MR) is 112 cm³/mol. The molecule has 1 aliphatic heterocycles. The summed E-state index contributed by atoms with van der Waals surface area (Å²) in [7, 11) is 1.44. The Balaban J connectivity index is 1.58. The van der Waals surface area contributed by atoms with Crippen LogP contribution in [0.1, 0.15) is 21.5 Å². The minimum Gasteiger partial charge on any atom is -0.507 e. The lowest BCUT2D eigenvalue weighted by molar-refractivity contribution is 0.111. The normalized spacial score (nSPS) is 12.3. The van der Waals surface area contributed by atoms with Crippen molar-refractivity contribution in [1.29, 1.82) is 0 Å². The van der Waals surface area contributed by atoms with E-state index in [0.29, 0.717) is 31.9 Å². The highest BCUT2D eigenvalue weighted by Gasteiger charge is 2.15. The van der Waals surface area contributed by atoms with Gasteiger partial charge < -0.3 is 24.1 Å². The fourth-order valence-corrected chi connectivity index (χ4v) is 3.48. The minimum atomic E-state index is -0.180.